The zero-order valence-electron chi connectivity index (χ0n) is 10.5. The molecule has 1 aromatic carbocycles. The summed E-state index contributed by atoms with van der Waals surface area (Å²) in [6, 6.07) is 6.54. The van der Waals surface area contributed by atoms with Gasteiger partial charge in [0.15, 0.2) is 6.61 Å². The summed E-state index contributed by atoms with van der Waals surface area (Å²) in [6.07, 6.45) is 0. The zero-order valence-corrected chi connectivity index (χ0v) is 11.3. The molecule has 0 aliphatic carbocycles. The number of aliphatic hydroxyl groups excluding tert-OH is 1. The van der Waals surface area contributed by atoms with Crippen LogP contribution in [-0.2, 0) is 4.79 Å². The number of carbonyl (C=O) groups excluding carboxylic acids is 1. The Morgan fingerprint density at radius 2 is 2.00 bits per heavy atom. The molecule has 100 valence electrons. The number of benzene rings is 1. The summed E-state index contributed by atoms with van der Waals surface area (Å²) < 4.78 is 5.30. The highest BCUT2D eigenvalue weighted by molar-refractivity contribution is 6.30. The Morgan fingerprint density at radius 3 is 2.50 bits per heavy atom. The Bertz CT molecular complexity index is 378. The summed E-state index contributed by atoms with van der Waals surface area (Å²) in [7, 11) is 0. The number of hydrogen-bond acceptors (Lipinski definition) is 3. The van der Waals surface area contributed by atoms with E-state index in [4.69, 9.17) is 21.4 Å². The number of hydrogen-bond donors (Lipinski definition) is 2. The van der Waals surface area contributed by atoms with Crippen molar-refractivity contribution in [2.75, 3.05) is 13.2 Å². The van der Waals surface area contributed by atoms with Crippen LogP contribution >= 0.6 is 11.6 Å². The predicted octanol–water partition coefficient (Wildman–Crippen LogP) is 1.85. The average molecular weight is 272 g/mol. The molecule has 0 aliphatic heterocycles. The molecule has 0 unspecified atom stereocenters. The van der Waals surface area contributed by atoms with Crippen molar-refractivity contribution in [3.05, 3.63) is 29.3 Å². The van der Waals surface area contributed by atoms with Gasteiger partial charge in [-0.25, -0.2) is 0 Å². The molecule has 0 saturated heterocycles. The van der Waals surface area contributed by atoms with Crippen molar-refractivity contribution in [2.45, 2.75) is 19.9 Å². The predicted molar refractivity (Wildman–Crippen MR) is 70.8 cm³/mol. The number of nitrogens with one attached hydrogen (secondary N) is 1. The molecular formula is C13H18ClNO3. The Labute approximate surface area is 112 Å². The second kappa shape index (κ2) is 7.24. The van der Waals surface area contributed by atoms with Crippen LogP contribution in [0.5, 0.6) is 5.75 Å². The minimum Gasteiger partial charge on any atom is -0.484 e. The maximum Gasteiger partial charge on any atom is 0.258 e. The second-order valence-corrected chi connectivity index (χ2v) is 4.78. The Morgan fingerprint density at radius 1 is 1.39 bits per heavy atom. The van der Waals surface area contributed by atoms with Gasteiger partial charge in [-0.2, -0.15) is 0 Å². The highest BCUT2D eigenvalue weighted by Gasteiger charge is 2.15. The summed E-state index contributed by atoms with van der Waals surface area (Å²) in [5.74, 6) is 0.506. The van der Waals surface area contributed by atoms with Crippen molar-refractivity contribution in [1.82, 2.24) is 5.32 Å². The van der Waals surface area contributed by atoms with Crippen LogP contribution in [0.1, 0.15) is 13.8 Å². The third-order valence-electron chi connectivity index (χ3n) is 2.53. The minimum atomic E-state index is -0.252. The SMILES string of the molecule is CC(C)[C@@H](CO)NC(=O)COc1ccc(Cl)cc1. The van der Waals surface area contributed by atoms with Crippen molar-refractivity contribution < 1.29 is 14.6 Å². The minimum absolute atomic E-state index is 0.0785. The van der Waals surface area contributed by atoms with Gasteiger partial charge in [0.2, 0.25) is 0 Å². The Hall–Kier alpha value is -1.26. The Balaban J connectivity index is 2.39. The standard InChI is InChI=1S/C13H18ClNO3/c1-9(2)12(7-16)15-13(17)8-18-11-5-3-10(14)4-6-11/h3-6,9,12,16H,7-8H2,1-2H3,(H,15,17)/t12-/m1/s1. The van der Waals surface area contributed by atoms with Crippen LogP contribution in [0.25, 0.3) is 0 Å². The fourth-order valence-corrected chi connectivity index (χ4v) is 1.48. The van der Waals surface area contributed by atoms with Crippen LogP contribution in [0.3, 0.4) is 0 Å². The average Bonchev–Trinajstić information content (AvgIpc) is 2.35. The summed E-state index contributed by atoms with van der Waals surface area (Å²) in [5, 5.41) is 12.4. The van der Waals surface area contributed by atoms with Gasteiger partial charge in [0.1, 0.15) is 5.75 Å². The second-order valence-electron chi connectivity index (χ2n) is 4.34. The molecule has 0 aliphatic rings. The van der Waals surface area contributed by atoms with Gasteiger partial charge in [-0.1, -0.05) is 25.4 Å². The maximum absolute atomic E-state index is 11.6. The first-order chi connectivity index (χ1) is 8.52. The highest BCUT2D eigenvalue weighted by Crippen LogP contribution is 2.15. The van der Waals surface area contributed by atoms with E-state index in [1.807, 2.05) is 13.8 Å². The first-order valence-corrected chi connectivity index (χ1v) is 6.19. The van der Waals surface area contributed by atoms with Crippen LogP contribution < -0.4 is 10.1 Å². The van der Waals surface area contributed by atoms with Gasteiger partial charge in [0.25, 0.3) is 5.91 Å². The van der Waals surface area contributed by atoms with Crippen molar-refractivity contribution in [3.63, 3.8) is 0 Å². The van der Waals surface area contributed by atoms with E-state index in [2.05, 4.69) is 5.32 Å². The molecule has 0 saturated carbocycles. The van der Waals surface area contributed by atoms with Gasteiger partial charge in [0, 0.05) is 5.02 Å². The summed E-state index contributed by atoms with van der Waals surface area (Å²) in [4.78, 5) is 11.6. The molecule has 1 atom stereocenters. The quantitative estimate of drug-likeness (QED) is 0.830. The van der Waals surface area contributed by atoms with Crippen molar-refractivity contribution >= 4 is 17.5 Å². The molecule has 0 radical (unpaired) electrons. The Kier molecular flexibility index (Phi) is 5.95. The molecule has 4 nitrogen and oxygen atoms in total. The van der Waals surface area contributed by atoms with Crippen molar-refractivity contribution in [3.8, 4) is 5.75 Å². The van der Waals surface area contributed by atoms with E-state index in [1.54, 1.807) is 24.3 Å². The lowest BCUT2D eigenvalue weighted by Crippen LogP contribution is -2.43. The fourth-order valence-electron chi connectivity index (χ4n) is 1.35. The van der Waals surface area contributed by atoms with Crippen LogP contribution in [0, 0.1) is 5.92 Å². The fraction of sp³-hybridized carbons (Fsp3) is 0.462. The molecule has 0 aromatic heterocycles. The molecule has 1 aromatic rings. The molecule has 18 heavy (non-hydrogen) atoms. The molecule has 0 fully saturated rings. The van der Waals surface area contributed by atoms with Gasteiger partial charge in [-0.15, -0.1) is 0 Å². The lowest BCUT2D eigenvalue weighted by Gasteiger charge is -2.19. The van der Waals surface area contributed by atoms with Gasteiger partial charge in [0.05, 0.1) is 12.6 Å². The molecule has 5 heteroatoms. The van der Waals surface area contributed by atoms with E-state index in [9.17, 15) is 4.79 Å². The van der Waals surface area contributed by atoms with Gasteiger partial charge >= 0.3 is 0 Å². The molecule has 1 rings (SSSR count). The zero-order chi connectivity index (χ0) is 13.5. The molecule has 2 N–H and O–H groups in total. The third-order valence-corrected chi connectivity index (χ3v) is 2.78. The third kappa shape index (κ3) is 4.94. The number of ether oxygens (including phenoxy) is 1. The number of amides is 1. The first-order valence-electron chi connectivity index (χ1n) is 5.81. The first kappa shape index (κ1) is 14.8. The van der Waals surface area contributed by atoms with Crippen LogP contribution in [0.2, 0.25) is 5.02 Å². The van der Waals surface area contributed by atoms with Crippen LogP contribution in [0.15, 0.2) is 24.3 Å². The number of carbonyl (C=O) groups is 1. The molecule has 0 heterocycles. The van der Waals surface area contributed by atoms with Crippen LogP contribution in [0.4, 0.5) is 0 Å². The molecule has 1 amide bonds. The van der Waals surface area contributed by atoms with Gasteiger partial charge in [-0.3, -0.25) is 4.79 Å². The topological polar surface area (TPSA) is 58.6 Å². The largest absolute Gasteiger partial charge is 0.484 e. The highest BCUT2D eigenvalue weighted by atomic mass is 35.5. The van der Waals surface area contributed by atoms with Gasteiger partial charge < -0.3 is 15.2 Å². The van der Waals surface area contributed by atoms with E-state index < -0.39 is 0 Å². The summed E-state index contributed by atoms with van der Waals surface area (Å²) in [5.41, 5.74) is 0. The van der Waals surface area contributed by atoms with E-state index in [0.717, 1.165) is 0 Å². The maximum atomic E-state index is 11.6. The lowest BCUT2D eigenvalue weighted by atomic mass is 10.1. The molecule has 0 bridgehead atoms. The molecular weight excluding hydrogens is 254 g/mol. The van der Waals surface area contributed by atoms with E-state index in [1.165, 1.54) is 0 Å². The monoisotopic (exact) mass is 271 g/mol. The van der Waals surface area contributed by atoms with Gasteiger partial charge in [-0.05, 0) is 30.2 Å². The summed E-state index contributed by atoms with van der Waals surface area (Å²) in [6.45, 7) is 3.71. The number of rotatable bonds is 6. The van der Waals surface area contributed by atoms with E-state index >= 15 is 0 Å². The van der Waals surface area contributed by atoms with E-state index in [-0.39, 0.29) is 31.1 Å². The molecule has 0 spiro atoms. The number of aliphatic hydroxyl groups is 1. The smallest absolute Gasteiger partial charge is 0.258 e. The lowest BCUT2D eigenvalue weighted by molar-refractivity contribution is -0.124. The van der Waals surface area contributed by atoms with E-state index in [0.29, 0.717) is 10.8 Å². The number of halogens is 1. The normalized spacial score (nSPS) is 12.3. The van der Waals surface area contributed by atoms with Crippen molar-refractivity contribution in [2.24, 2.45) is 5.92 Å². The summed E-state index contributed by atoms with van der Waals surface area (Å²) >= 11 is 5.73. The van der Waals surface area contributed by atoms with Crippen molar-refractivity contribution in [1.29, 1.82) is 0 Å². The van der Waals surface area contributed by atoms with Crippen LogP contribution in [-0.4, -0.2) is 30.3 Å².